The number of carboxylic acids is 2. The average Bonchev–Trinajstić information content (AvgIpc) is 0.817. The summed E-state index contributed by atoms with van der Waals surface area (Å²) < 4.78 is 88.7. The minimum atomic E-state index is -3.63. The zero-order valence-electron chi connectivity index (χ0n) is 78.2. The lowest BCUT2D eigenvalue weighted by atomic mass is 10.0. The summed E-state index contributed by atoms with van der Waals surface area (Å²) >= 11 is 14.0. The van der Waals surface area contributed by atoms with Crippen molar-refractivity contribution in [3.8, 4) is 0 Å². The molecule has 0 aliphatic carbocycles. The number of hydrogen-bond donors (Lipinski definition) is 4. The van der Waals surface area contributed by atoms with Crippen molar-refractivity contribution in [1.82, 2.24) is 0 Å². The number of rotatable bonds is 54. The zero-order valence-corrected chi connectivity index (χ0v) is 86.2. The molecule has 12 unspecified atom stereocenters. The number of carboxylic acid groups (broad SMARTS) is 2. The maximum atomic E-state index is 13.9. The Hall–Kier alpha value is -7.76. The number of allylic oxidation sites excluding steroid dienone is 26. The lowest BCUT2D eigenvalue weighted by Crippen LogP contribution is -2.36. The molecule has 2 aromatic carbocycles. The number of sulfone groups is 2. The summed E-state index contributed by atoms with van der Waals surface area (Å²) in [6, 6.07) is 17.2. The third-order valence-electron chi connectivity index (χ3n) is 18.9. The van der Waals surface area contributed by atoms with Gasteiger partial charge in [0, 0.05) is 35.0 Å². The number of alkyl halides is 4. The molecule has 0 aromatic heterocycles. The van der Waals surface area contributed by atoms with Gasteiger partial charge in [0.15, 0.2) is 32.3 Å². The van der Waals surface area contributed by atoms with Crippen molar-refractivity contribution >= 4 is 120 Å². The Kier molecular flexibility index (Phi) is 71.8. The molecule has 0 spiro atoms. The van der Waals surface area contributed by atoms with Gasteiger partial charge < -0.3 is 48.8 Å². The van der Waals surface area contributed by atoms with Gasteiger partial charge in [-0.15, -0.1) is 0 Å². The van der Waals surface area contributed by atoms with Gasteiger partial charge in [-0.3, -0.25) is 9.59 Å². The normalized spacial score (nSPS) is 16.3. The van der Waals surface area contributed by atoms with Crippen molar-refractivity contribution in [1.29, 1.82) is 0 Å². The Morgan fingerprint density at radius 1 is 0.398 bits per heavy atom. The number of aliphatic carboxylic acids is 2. The van der Waals surface area contributed by atoms with Crippen molar-refractivity contribution in [2.24, 2.45) is 0 Å². The fourth-order valence-electron chi connectivity index (χ4n) is 11.6. The summed E-state index contributed by atoms with van der Waals surface area (Å²) in [6.45, 7) is 40.0. The molecule has 0 aliphatic rings. The summed E-state index contributed by atoms with van der Waals surface area (Å²) in [5.41, 5.74) is 11.5. The van der Waals surface area contributed by atoms with Crippen molar-refractivity contribution in [2.45, 2.75) is 292 Å². The SMILES string of the molecule is CC(/C=C/C=C(C)/C=C/C(=O)O)=C\C=C\C=C(C)\C=C\C=C(C)\C=C\C(=O)O.CCOC(=O)C(Br)C(O)/C(C)=C/CC/C(C)=C/CC(/C=C(\C)CC/C=C(\C)C(O)C(Br)CC)S(=O)(=O)c1ccccc1.CCOC(=O)C(Br)C(OC(C)OCC)/C(C)=C/CC/C(C)=C/CC(/C=C(\C)CC/C=C(\C)C(OC(C)OCC)C(Br)CC)S(=O)(=O)c1ccccc1.O=C=O.O=C=O. The first-order chi connectivity index (χ1) is 60.4. The van der Waals surface area contributed by atoms with Crippen molar-refractivity contribution in [3.05, 3.63) is 261 Å². The quantitative estimate of drug-likeness (QED) is 0.0119. The Labute approximate surface area is 797 Å². The van der Waals surface area contributed by atoms with Crippen LogP contribution in [0.5, 0.6) is 0 Å². The van der Waals surface area contributed by atoms with Gasteiger partial charge in [0.05, 0.1) is 51.8 Å². The van der Waals surface area contributed by atoms with Gasteiger partial charge in [-0.1, -0.05) is 280 Å². The van der Waals surface area contributed by atoms with Crippen LogP contribution in [0, 0.1) is 0 Å². The summed E-state index contributed by atoms with van der Waals surface area (Å²) in [7, 11) is -7.24. The Bertz CT molecular complexity index is 4410. The number of carbonyl (C=O) groups excluding carboxylic acids is 6. The molecule has 712 valence electrons. The molecule has 128 heavy (non-hydrogen) atoms. The van der Waals surface area contributed by atoms with Crippen LogP contribution in [-0.4, -0.2) is 167 Å². The second-order valence-corrected chi connectivity index (χ2v) is 38.5. The van der Waals surface area contributed by atoms with Gasteiger partial charge in [0.2, 0.25) is 0 Å². The van der Waals surface area contributed by atoms with Crippen LogP contribution >= 0.6 is 63.7 Å². The third-order valence-corrected chi connectivity index (χ3v) is 27.0. The third kappa shape index (κ3) is 58.1. The molecule has 28 heteroatoms. The van der Waals surface area contributed by atoms with Gasteiger partial charge in [-0.05, 0) is 248 Å². The maximum absolute atomic E-state index is 13.9. The summed E-state index contributed by atoms with van der Waals surface area (Å²) in [4.78, 5) is 77.1. The molecule has 2 rings (SSSR count). The van der Waals surface area contributed by atoms with Crippen LogP contribution in [-0.2, 0) is 86.5 Å². The minimum absolute atomic E-state index is 0.0104. The number of aliphatic hydroxyl groups excluding tert-OH is 2. The van der Waals surface area contributed by atoms with E-state index in [9.17, 15) is 46.2 Å². The molecule has 0 bridgehead atoms. The first kappa shape index (κ1) is 124. The number of carbonyl (C=O) groups is 4. The van der Waals surface area contributed by atoms with E-state index in [4.69, 9.17) is 57.8 Å². The van der Waals surface area contributed by atoms with Crippen LogP contribution in [0.4, 0.5) is 0 Å². The first-order valence-corrected chi connectivity index (χ1v) is 49.4. The Morgan fingerprint density at radius 2 is 0.711 bits per heavy atom. The van der Waals surface area contributed by atoms with E-state index in [-0.39, 0.29) is 47.6 Å². The number of halogens is 4. The molecule has 0 radical (unpaired) electrons. The smallest absolute Gasteiger partial charge is 0.373 e. The predicted molar refractivity (Wildman–Crippen MR) is 526 cm³/mol. The predicted octanol–water partition coefficient (Wildman–Crippen LogP) is 22.9. The summed E-state index contributed by atoms with van der Waals surface area (Å²) in [5.74, 6) is -2.82. The molecule has 0 saturated carbocycles. The van der Waals surface area contributed by atoms with Crippen LogP contribution in [0.25, 0.3) is 0 Å². The Morgan fingerprint density at radius 3 is 1.05 bits per heavy atom. The van der Waals surface area contributed by atoms with Crippen LogP contribution in [0.3, 0.4) is 0 Å². The highest BCUT2D eigenvalue weighted by Crippen LogP contribution is 2.30. The number of hydrogen-bond acceptors (Lipinski definition) is 20. The maximum Gasteiger partial charge on any atom is 0.373 e. The fraction of sp³-hybridized carbons (Fsp3) is 0.480. The molecular formula is C100H140Br4O22S2. The lowest BCUT2D eigenvalue weighted by Gasteiger charge is -2.26. The fourth-order valence-corrected chi connectivity index (χ4v) is 17.1. The molecule has 0 saturated heterocycles. The highest BCUT2D eigenvalue weighted by molar-refractivity contribution is 9.10. The molecular weight excluding hydrogens is 1940 g/mol. The molecule has 0 fully saturated rings. The second kappa shape index (κ2) is 73.9. The van der Waals surface area contributed by atoms with E-state index in [1.165, 1.54) is 0 Å². The van der Waals surface area contributed by atoms with E-state index in [2.05, 4.69) is 89.7 Å². The lowest BCUT2D eigenvalue weighted by molar-refractivity contribution is -0.193. The largest absolute Gasteiger partial charge is 0.478 e. The van der Waals surface area contributed by atoms with E-state index < -0.39 is 88.3 Å². The van der Waals surface area contributed by atoms with Crippen LogP contribution in [0.1, 0.15) is 216 Å². The second-order valence-electron chi connectivity index (χ2n) is 29.8. The van der Waals surface area contributed by atoms with Crippen molar-refractivity contribution in [2.75, 3.05) is 26.4 Å². The molecule has 4 N–H and O–H groups in total. The molecule has 0 heterocycles. The van der Waals surface area contributed by atoms with Crippen LogP contribution in [0.15, 0.2) is 271 Å². The van der Waals surface area contributed by atoms with Gasteiger partial charge in [-0.25, -0.2) is 26.4 Å². The van der Waals surface area contributed by atoms with E-state index in [1.54, 1.807) is 94.4 Å². The first-order valence-electron chi connectivity index (χ1n) is 42.6. The van der Waals surface area contributed by atoms with E-state index in [1.807, 2.05) is 200 Å². The van der Waals surface area contributed by atoms with Crippen LogP contribution in [0.2, 0.25) is 0 Å². The summed E-state index contributed by atoms with van der Waals surface area (Å²) in [6.07, 6.45) is 45.9. The Balaban J connectivity index is -0.00000184. The molecule has 0 aliphatic heterocycles. The molecule has 12 atom stereocenters. The number of esters is 2. The van der Waals surface area contributed by atoms with Gasteiger partial charge in [-0.2, -0.15) is 19.2 Å². The number of aliphatic hydroxyl groups is 2. The number of benzene rings is 2. The van der Waals surface area contributed by atoms with E-state index in [0.29, 0.717) is 73.5 Å². The van der Waals surface area contributed by atoms with Gasteiger partial charge in [0.25, 0.3) is 0 Å². The molecule has 0 amide bonds. The van der Waals surface area contributed by atoms with Gasteiger partial charge >= 0.3 is 36.2 Å². The van der Waals surface area contributed by atoms with Crippen molar-refractivity contribution in [3.63, 3.8) is 0 Å². The zero-order chi connectivity index (χ0) is 97.9. The highest BCUT2D eigenvalue weighted by atomic mass is 79.9. The standard InChI is InChI=1S/C41H64Br2O8S.C33H48Br2O6S.C24H28O4.2CO2/c1-11-37(42)39(50-33(9)47-12-2)31(7)22-19-21-30(6)28-36(52(45,46)35-24-16-15-17-25-35)27-26-29(5)20-18-23-32(8)40(51-34(10)48-13-3)38(43)41(44)49-14-4;1-7-29(34)31(36)25(5)16-13-15-24(4)22-28(42(39,40)27-18-10-9-11-19-27)21-20-23(3)14-12-17-26(6)32(37)30(35)33(38)41-8-2;1-19(11-7-13-21(3)15-17-23(25)26)9-5-6-10-20(2)12-8-14-22(4)16-18-24(27)28;2*2-1-3/h15-17,22-26,28,33-34,36-40H,11-14,18-21,27H2,1-10H3;9-11,16-20,22,28-32,36-37H,7-8,12-15,21H2,1-6H3;5-18H,1-4H3,(H,25,26)(H,27,28);;/b29-26+,30-28+,31-22+,32-23+;23-20+,24-22+,25-16+,26-17+;6-5+,11-7+,12-8+,17-15+,18-16+,19-9+,20-10+,21-13+,22-14+;;. The number of ether oxygens (including phenoxy) is 6. The summed E-state index contributed by atoms with van der Waals surface area (Å²) in [5, 5.41) is 36.5. The highest BCUT2D eigenvalue weighted by Gasteiger charge is 2.32. The monoisotopic (exact) mass is 2070 g/mol. The molecule has 2 aromatic rings. The minimum Gasteiger partial charge on any atom is -0.478 e. The van der Waals surface area contributed by atoms with Crippen molar-refractivity contribution < 1.29 is 104 Å². The topological polar surface area (TPSA) is 341 Å². The average molecular weight is 2080 g/mol. The molecule has 22 nitrogen and oxygen atoms in total. The van der Waals surface area contributed by atoms with E-state index in [0.717, 1.165) is 106 Å². The van der Waals surface area contributed by atoms with Gasteiger partial charge in [0.1, 0.15) is 15.8 Å². The van der Waals surface area contributed by atoms with E-state index >= 15 is 0 Å². The van der Waals surface area contributed by atoms with Crippen LogP contribution < -0.4 is 0 Å².